The van der Waals surface area contributed by atoms with E-state index in [1.807, 2.05) is 12.3 Å². The van der Waals surface area contributed by atoms with E-state index >= 15 is 0 Å². The summed E-state index contributed by atoms with van der Waals surface area (Å²) in [5, 5.41) is 14.3. The lowest BCUT2D eigenvalue weighted by atomic mass is 10.1. The predicted molar refractivity (Wildman–Crippen MR) is 63.5 cm³/mol. The highest BCUT2D eigenvalue weighted by Gasteiger charge is 2.62. The second kappa shape index (κ2) is 3.60. The van der Waals surface area contributed by atoms with E-state index in [0.717, 1.165) is 30.2 Å². The average molecular weight is 237 g/mol. The predicted octanol–water partition coefficient (Wildman–Crippen LogP) is 1.52. The van der Waals surface area contributed by atoms with Gasteiger partial charge in [0.25, 0.3) is 0 Å². The molecule has 1 aromatic heterocycles. The van der Waals surface area contributed by atoms with Crippen LogP contribution in [0, 0.1) is 5.92 Å². The molecule has 2 saturated carbocycles. The third-order valence-corrected chi connectivity index (χ3v) is 4.23. The van der Waals surface area contributed by atoms with E-state index in [-0.39, 0.29) is 6.04 Å². The minimum absolute atomic E-state index is 0.169. The molecule has 2 N–H and O–H groups in total. The van der Waals surface area contributed by atoms with Crippen LogP contribution in [0.5, 0.6) is 0 Å². The zero-order valence-electron chi connectivity index (χ0n) is 9.18. The van der Waals surface area contributed by atoms with Gasteiger partial charge in [0.1, 0.15) is 5.82 Å². The molecule has 2 fully saturated rings. The zero-order valence-corrected chi connectivity index (χ0v) is 10.00. The molecule has 1 aromatic rings. The molecule has 3 unspecified atom stereocenters. The van der Waals surface area contributed by atoms with Crippen LogP contribution in [0.15, 0.2) is 17.4 Å². The monoisotopic (exact) mass is 237 g/mol. The van der Waals surface area contributed by atoms with Gasteiger partial charge in [-0.15, -0.1) is 0 Å². The molecule has 5 heteroatoms. The third kappa shape index (κ3) is 1.58. The fourth-order valence-corrected chi connectivity index (χ4v) is 2.98. The van der Waals surface area contributed by atoms with E-state index in [4.69, 9.17) is 0 Å². The standard InChI is InChI=1S/C11H15N3OS/c1-16-10-12-5-4-9(14-10)13-8-3-2-7-6-11(7,8)15/h4-5,7-8,15H,2-3,6H2,1H3,(H,12,13,14). The molecule has 0 aromatic carbocycles. The minimum atomic E-state index is -0.454. The smallest absolute Gasteiger partial charge is 0.189 e. The first-order valence-corrected chi connectivity index (χ1v) is 6.81. The molecule has 86 valence electrons. The number of anilines is 1. The van der Waals surface area contributed by atoms with Gasteiger partial charge in [0.2, 0.25) is 0 Å². The second-order valence-corrected chi connectivity index (χ2v) is 5.37. The van der Waals surface area contributed by atoms with Crippen LogP contribution in [0.25, 0.3) is 0 Å². The van der Waals surface area contributed by atoms with Crippen LogP contribution in [0.4, 0.5) is 5.82 Å². The summed E-state index contributed by atoms with van der Waals surface area (Å²) in [4.78, 5) is 8.50. The lowest BCUT2D eigenvalue weighted by Crippen LogP contribution is -2.33. The molecule has 0 spiro atoms. The van der Waals surface area contributed by atoms with Crippen molar-refractivity contribution in [2.45, 2.75) is 36.1 Å². The molecule has 2 aliphatic carbocycles. The molecule has 4 nitrogen and oxygen atoms in total. The summed E-state index contributed by atoms with van der Waals surface area (Å²) < 4.78 is 0. The molecule has 3 atom stereocenters. The molecule has 0 aliphatic heterocycles. The van der Waals surface area contributed by atoms with Crippen molar-refractivity contribution in [1.29, 1.82) is 0 Å². The molecule has 0 saturated heterocycles. The summed E-state index contributed by atoms with van der Waals surface area (Å²) in [6.45, 7) is 0. The lowest BCUT2D eigenvalue weighted by Gasteiger charge is -2.20. The summed E-state index contributed by atoms with van der Waals surface area (Å²) in [5.74, 6) is 1.34. The number of nitrogens with one attached hydrogen (secondary N) is 1. The highest BCUT2D eigenvalue weighted by molar-refractivity contribution is 7.98. The van der Waals surface area contributed by atoms with Crippen molar-refractivity contribution in [1.82, 2.24) is 9.97 Å². The van der Waals surface area contributed by atoms with Crippen molar-refractivity contribution in [2.24, 2.45) is 5.92 Å². The summed E-state index contributed by atoms with van der Waals surface area (Å²) in [6.07, 6.45) is 6.84. The molecule has 2 aliphatic rings. The minimum Gasteiger partial charge on any atom is -0.387 e. The number of thioether (sulfide) groups is 1. The zero-order chi connectivity index (χ0) is 11.2. The van der Waals surface area contributed by atoms with Crippen LogP contribution in [-0.4, -0.2) is 33.0 Å². The molecule has 16 heavy (non-hydrogen) atoms. The van der Waals surface area contributed by atoms with Crippen LogP contribution in [0.2, 0.25) is 0 Å². The first kappa shape index (κ1) is 10.4. The number of aliphatic hydroxyl groups is 1. The Kier molecular flexibility index (Phi) is 2.33. The van der Waals surface area contributed by atoms with Gasteiger partial charge >= 0.3 is 0 Å². The maximum atomic E-state index is 10.2. The Morgan fingerprint density at radius 2 is 2.44 bits per heavy atom. The van der Waals surface area contributed by atoms with E-state index in [9.17, 15) is 5.11 Å². The summed E-state index contributed by atoms with van der Waals surface area (Å²) in [6, 6.07) is 2.03. The van der Waals surface area contributed by atoms with Gasteiger partial charge in [-0.2, -0.15) is 0 Å². The van der Waals surface area contributed by atoms with E-state index < -0.39 is 5.60 Å². The maximum Gasteiger partial charge on any atom is 0.189 e. The fraction of sp³-hybridized carbons (Fsp3) is 0.636. The van der Waals surface area contributed by atoms with Crippen LogP contribution in [0.1, 0.15) is 19.3 Å². The summed E-state index contributed by atoms with van der Waals surface area (Å²) in [5.41, 5.74) is -0.454. The average Bonchev–Trinajstić information content (AvgIpc) is 2.88. The number of nitrogens with zero attached hydrogens (tertiary/aromatic N) is 2. The van der Waals surface area contributed by atoms with Gasteiger partial charge < -0.3 is 10.4 Å². The van der Waals surface area contributed by atoms with Gasteiger partial charge in [-0.05, 0) is 37.5 Å². The van der Waals surface area contributed by atoms with Gasteiger partial charge in [-0.3, -0.25) is 0 Å². The fourth-order valence-electron chi connectivity index (χ4n) is 2.63. The van der Waals surface area contributed by atoms with Crippen molar-refractivity contribution in [3.8, 4) is 0 Å². The quantitative estimate of drug-likeness (QED) is 0.616. The Labute approximate surface area is 98.9 Å². The van der Waals surface area contributed by atoms with Gasteiger partial charge in [0.05, 0.1) is 11.6 Å². The van der Waals surface area contributed by atoms with E-state index in [1.54, 1.807) is 6.20 Å². The van der Waals surface area contributed by atoms with Crippen molar-refractivity contribution < 1.29 is 5.11 Å². The normalized spacial score (nSPS) is 35.9. The summed E-state index contributed by atoms with van der Waals surface area (Å²) >= 11 is 1.53. The number of aromatic nitrogens is 2. The topological polar surface area (TPSA) is 58.0 Å². The first-order valence-electron chi connectivity index (χ1n) is 5.58. The van der Waals surface area contributed by atoms with Crippen LogP contribution in [0.3, 0.4) is 0 Å². The number of hydrogen-bond acceptors (Lipinski definition) is 5. The molecule has 0 amide bonds. The van der Waals surface area contributed by atoms with Gasteiger partial charge in [-0.25, -0.2) is 9.97 Å². The van der Waals surface area contributed by atoms with Gasteiger partial charge in [0, 0.05) is 6.20 Å². The van der Waals surface area contributed by atoms with E-state index in [1.165, 1.54) is 11.8 Å². The first-order chi connectivity index (χ1) is 7.72. The van der Waals surface area contributed by atoms with Gasteiger partial charge in [-0.1, -0.05) is 11.8 Å². The Morgan fingerprint density at radius 1 is 1.56 bits per heavy atom. The van der Waals surface area contributed by atoms with Gasteiger partial charge in [0.15, 0.2) is 5.16 Å². The SMILES string of the molecule is CSc1nccc(NC2CCC3CC32O)n1. The number of fused-ring (bicyclic) bond motifs is 1. The van der Waals surface area contributed by atoms with Crippen LogP contribution < -0.4 is 5.32 Å². The van der Waals surface area contributed by atoms with Crippen molar-refractivity contribution in [3.05, 3.63) is 12.3 Å². The third-order valence-electron chi connectivity index (χ3n) is 3.67. The Bertz CT molecular complexity index is 412. The Balaban J connectivity index is 1.74. The number of hydrogen-bond donors (Lipinski definition) is 2. The molecular weight excluding hydrogens is 222 g/mol. The lowest BCUT2D eigenvalue weighted by molar-refractivity contribution is 0.130. The highest BCUT2D eigenvalue weighted by Crippen LogP contribution is 2.56. The molecule has 0 radical (unpaired) electrons. The summed E-state index contributed by atoms with van der Waals surface area (Å²) in [7, 11) is 0. The number of rotatable bonds is 3. The van der Waals surface area contributed by atoms with Crippen molar-refractivity contribution in [3.63, 3.8) is 0 Å². The molecular formula is C11H15N3OS. The molecule has 0 bridgehead atoms. The highest BCUT2D eigenvalue weighted by atomic mass is 32.2. The molecule has 1 heterocycles. The maximum absolute atomic E-state index is 10.2. The second-order valence-electron chi connectivity index (χ2n) is 4.60. The molecule has 3 rings (SSSR count). The largest absolute Gasteiger partial charge is 0.387 e. The Morgan fingerprint density at radius 3 is 3.06 bits per heavy atom. The van der Waals surface area contributed by atoms with E-state index in [0.29, 0.717) is 5.92 Å². The van der Waals surface area contributed by atoms with Crippen LogP contribution in [-0.2, 0) is 0 Å². The van der Waals surface area contributed by atoms with Crippen molar-refractivity contribution in [2.75, 3.05) is 11.6 Å². The van der Waals surface area contributed by atoms with Crippen LogP contribution >= 0.6 is 11.8 Å². The van der Waals surface area contributed by atoms with E-state index in [2.05, 4.69) is 15.3 Å². The Hall–Kier alpha value is -0.810. The van der Waals surface area contributed by atoms with Crippen molar-refractivity contribution >= 4 is 17.6 Å².